The smallest absolute Gasteiger partial charge is 0.259 e. The van der Waals surface area contributed by atoms with E-state index in [2.05, 4.69) is 10.1 Å². The van der Waals surface area contributed by atoms with Gasteiger partial charge in [0.05, 0.1) is 28.5 Å². The van der Waals surface area contributed by atoms with Crippen LogP contribution in [-0.4, -0.2) is 31.6 Å². The summed E-state index contributed by atoms with van der Waals surface area (Å²) in [5, 5.41) is 5.31. The van der Waals surface area contributed by atoms with Gasteiger partial charge in [-0.05, 0) is 49.6 Å². The molecule has 33 heavy (non-hydrogen) atoms. The van der Waals surface area contributed by atoms with E-state index in [9.17, 15) is 22.4 Å². The van der Waals surface area contributed by atoms with Gasteiger partial charge in [0.25, 0.3) is 5.91 Å². The number of nitrogens with zero attached hydrogens (tertiary/aromatic N) is 3. The van der Waals surface area contributed by atoms with Gasteiger partial charge in [-0.2, -0.15) is 5.10 Å². The fourth-order valence-corrected chi connectivity index (χ4v) is 5.45. The molecule has 2 aromatic carbocycles. The predicted molar refractivity (Wildman–Crippen MR) is 112 cm³/mol. The van der Waals surface area contributed by atoms with Crippen molar-refractivity contribution in [3.8, 4) is 11.3 Å². The minimum absolute atomic E-state index is 0.00307. The third kappa shape index (κ3) is 2.77. The van der Waals surface area contributed by atoms with E-state index in [1.807, 2.05) is 0 Å². The predicted octanol–water partition coefficient (Wildman–Crippen LogP) is 5.03. The van der Waals surface area contributed by atoms with E-state index in [-0.39, 0.29) is 23.2 Å². The molecular formula is C24H18F4N4O. The third-order valence-electron chi connectivity index (χ3n) is 6.82. The number of halogens is 4. The summed E-state index contributed by atoms with van der Waals surface area (Å²) in [6.07, 6.45) is 3.41. The van der Waals surface area contributed by atoms with Gasteiger partial charge in [-0.15, -0.1) is 0 Å². The number of nitrogens with one attached hydrogen (secondary N) is 1. The van der Waals surface area contributed by atoms with E-state index in [4.69, 9.17) is 0 Å². The van der Waals surface area contributed by atoms with Crippen LogP contribution in [0.5, 0.6) is 0 Å². The number of carbonyl (C=O) groups excluding carboxylic acids is 1. The Morgan fingerprint density at radius 1 is 1.06 bits per heavy atom. The number of carbonyl (C=O) groups is 1. The molecule has 1 fully saturated rings. The van der Waals surface area contributed by atoms with Gasteiger partial charge in [0.2, 0.25) is 0 Å². The molecule has 0 radical (unpaired) electrons. The topological polar surface area (TPSA) is 53.9 Å². The van der Waals surface area contributed by atoms with Crippen molar-refractivity contribution in [2.24, 2.45) is 7.05 Å². The molecule has 5 nitrogen and oxygen atoms in total. The number of aromatic nitrogens is 3. The van der Waals surface area contributed by atoms with E-state index in [1.165, 1.54) is 10.7 Å². The van der Waals surface area contributed by atoms with Crippen molar-refractivity contribution in [3.63, 3.8) is 0 Å². The second-order valence-electron chi connectivity index (χ2n) is 8.62. The average molecular weight is 454 g/mol. The van der Waals surface area contributed by atoms with Gasteiger partial charge in [-0.3, -0.25) is 9.48 Å². The van der Waals surface area contributed by atoms with Crippen LogP contribution in [0.25, 0.3) is 22.2 Å². The molecular weight excluding hydrogens is 436 g/mol. The van der Waals surface area contributed by atoms with Gasteiger partial charge in [0, 0.05) is 35.8 Å². The summed E-state index contributed by atoms with van der Waals surface area (Å²) in [5.74, 6) is -5.08. The van der Waals surface area contributed by atoms with Crippen molar-refractivity contribution in [2.75, 3.05) is 0 Å². The zero-order chi connectivity index (χ0) is 23.0. The molecule has 4 aromatic rings. The lowest BCUT2D eigenvalue weighted by molar-refractivity contribution is 0.0639. The average Bonchev–Trinajstić information content (AvgIpc) is 3.46. The Hall–Kier alpha value is -3.62. The Kier molecular flexibility index (Phi) is 4.21. The van der Waals surface area contributed by atoms with Crippen LogP contribution in [0.15, 0.2) is 36.5 Å². The van der Waals surface area contributed by atoms with E-state index >= 15 is 0 Å². The number of hydrogen-bond acceptors (Lipinski definition) is 2. The lowest BCUT2D eigenvalue weighted by atomic mass is 9.93. The number of fused-ring (bicyclic) bond motifs is 5. The van der Waals surface area contributed by atoms with Crippen LogP contribution in [0, 0.1) is 23.3 Å². The first-order valence-corrected chi connectivity index (χ1v) is 10.6. The fraction of sp³-hybridized carbons (Fsp3) is 0.250. The number of amides is 1. The minimum atomic E-state index is -1.52. The minimum Gasteiger partial charge on any atom is -0.360 e. The van der Waals surface area contributed by atoms with Crippen molar-refractivity contribution in [2.45, 2.75) is 31.3 Å². The highest BCUT2D eigenvalue weighted by Crippen LogP contribution is 2.47. The molecule has 0 unspecified atom stereocenters. The van der Waals surface area contributed by atoms with Gasteiger partial charge >= 0.3 is 0 Å². The number of aromatic amines is 1. The first-order valence-electron chi connectivity index (χ1n) is 10.6. The normalized spacial score (nSPS) is 19.4. The quantitative estimate of drug-likeness (QED) is 0.341. The molecule has 2 bridgehead atoms. The lowest BCUT2D eigenvalue weighted by Crippen LogP contribution is -2.42. The molecule has 6 rings (SSSR count). The van der Waals surface area contributed by atoms with Gasteiger partial charge in [0.1, 0.15) is 5.82 Å². The number of rotatable bonds is 2. The van der Waals surface area contributed by atoms with Crippen LogP contribution in [-0.2, 0) is 13.5 Å². The number of aryl methyl sites for hydroxylation is 1. The summed E-state index contributed by atoms with van der Waals surface area (Å²) < 4.78 is 57.6. The summed E-state index contributed by atoms with van der Waals surface area (Å²) in [7, 11) is 1.64. The Bertz CT molecular complexity index is 1430. The highest BCUT2D eigenvalue weighted by molar-refractivity contribution is 6.06. The molecule has 2 aliphatic heterocycles. The second-order valence-corrected chi connectivity index (χ2v) is 8.62. The van der Waals surface area contributed by atoms with Gasteiger partial charge in [0.15, 0.2) is 17.5 Å². The third-order valence-corrected chi connectivity index (χ3v) is 6.82. The molecule has 0 saturated carbocycles. The fourth-order valence-electron chi connectivity index (χ4n) is 5.45. The van der Waals surface area contributed by atoms with Gasteiger partial charge < -0.3 is 9.88 Å². The molecule has 1 N–H and O–H groups in total. The second kappa shape index (κ2) is 6.94. The van der Waals surface area contributed by atoms with E-state index in [1.54, 1.807) is 30.3 Å². The zero-order valence-corrected chi connectivity index (χ0v) is 17.5. The van der Waals surface area contributed by atoms with Crippen LogP contribution in [0.2, 0.25) is 0 Å². The van der Waals surface area contributed by atoms with Crippen molar-refractivity contribution >= 4 is 16.8 Å². The van der Waals surface area contributed by atoms with Crippen LogP contribution in [0.1, 0.15) is 40.5 Å². The Labute approximate surface area is 185 Å². The zero-order valence-electron chi connectivity index (χ0n) is 17.5. The molecule has 2 aliphatic rings. The van der Waals surface area contributed by atoms with Crippen molar-refractivity contribution < 1.29 is 22.4 Å². The Morgan fingerprint density at radius 2 is 1.82 bits per heavy atom. The number of H-pyrrole nitrogens is 1. The molecule has 0 aliphatic carbocycles. The lowest BCUT2D eigenvalue weighted by Gasteiger charge is -2.34. The summed E-state index contributed by atoms with van der Waals surface area (Å²) >= 11 is 0. The summed E-state index contributed by atoms with van der Waals surface area (Å²) in [6, 6.07) is 6.00. The van der Waals surface area contributed by atoms with Crippen molar-refractivity contribution in [1.82, 2.24) is 19.7 Å². The maximum Gasteiger partial charge on any atom is 0.259 e. The monoisotopic (exact) mass is 454 g/mol. The largest absolute Gasteiger partial charge is 0.360 e. The van der Waals surface area contributed by atoms with E-state index in [0.717, 1.165) is 23.1 Å². The van der Waals surface area contributed by atoms with Crippen LogP contribution in [0.4, 0.5) is 17.6 Å². The maximum absolute atomic E-state index is 14.8. The maximum atomic E-state index is 14.8. The number of hydrogen-bond donors (Lipinski definition) is 1. The standard InChI is InChI=1S/C24H18F4N4O/c1-31-23(12-8-16(26)20(28)17(27)9-12)14-10-13-3-5-18(22(14)30-31)32(13)24(33)19-15(25)4-2-11-6-7-29-21(11)19/h2,4,6-9,13,18,29H,3,5,10H2,1H3/t13-,18+/m0/s1. The van der Waals surface area contributed by atoms with E-state index < -0.39 is 29.2 Å². The molecule has 2 atom stereocenters. The van der Waals surface area contributed by atoms with Crippen LogP contribution in [0.3, 0.4) is 0 Å². The molecule has 1 saturated heterocycles. The molecule has 0 spiro atoms. The van der Waals surface area contributed by atoms with Crippen molar-refractivity contribution in [3.05, 3.63) is 76.6 Å². The van der Waals surface area contributed by atoms with Gasteiger partial charge in [-0.1, -0.05) is 0 Å². The van der Waals surface area contributed by atoms with E-state index in [0.29, 0.717) is 36.2 Å². The molecule has 4 heterocycles. The molecule has 168 valence electrons. The van der Waals surface area contributed by atoms with Gasteiger partial charge in [-0.25, -0.2) is 17.6 Å². The summed E-state index contributed by atoms with van der Waals surface area (Å²) in [4.78, 5) is 18.2. The first kappa shape index (κ1) is 20.0. The SMILES string of the molecule is Cn1nc2c(c1-c1cc(F)c(F)c(F)c1)C[C@@H]1CC[C@H]2N1C(=O)c1c(F)ccc2cc[nH]c12. The number of benzene rings is 2. The Balaban J connectivity index is 1.45. The first-order chi connectivity index (χ1) is 15.8. The summed E-state index contributed by atoms with van der Waals surface area (Å²) in [6.45, 7) is 0. The molecule has 9 heteroatoms. The van der Waals surface area contributed by atoms with Crippen LogP contribution >= 0.6 is 0 Å². The summed E-state index contributed by atoms with van der Waals surface area (Å²) in [5.41, 5.74) is 2.52. The highest BCUT2D eigenvalue weighted by atomic mass is 19.2. The molecule has 1 amide bonds. The highest BCUT2D eigenvalue weighted by Gasteiger charge is 2.46. The van der Waals surface area contributed by atoms with Crippen LogP contribution < -0.4 is 0 Å². The Morgan fingerprint density at radius 3 is 2.58 bits per heavy atom. The molecule has 2 aromatic heterocycles. The van der Waals surface area contributed by atoms with Crippen molar-refractivity contribution in [1.29, 1.82) is 0 Å².